The summed E-state index contributed by atoms with van der Waals surface area (Å²) in [5, 5.41) is 0.262. The first-order valence-corrected chi connectivity index (χ1v) is 9.34. The Kier molecular flexibility index (Phi) is 4.31. The molecule has 0 unspecified atom stereocenters. The number of hydrogen-bond donors (Lipinski definition) is 0. The van der Waals surface area contributed by atoms with E-state index < -0.39 is 15.8 Å². The fourth-order valence-electron chi connectivity index (χ4n) is 2.45. The van der Waals surface area contributed by atoms with Crippen LogP contribution >= 0.6 is 15.9 Å². The maximum absolute atomic E-state index is 13.9. The molecule has 7 heteroatoms. The van der Waals surface area contributed by atoms with Gasteiger partial charge >= 0.3 is 0 Å². The average Bonchev–Trinajstić information content (AvgIpc) is 2.57. The first kappa shape index (κ1) is 16.9. The predicted molar refractivity (Wildman–Crippen MR) is 96.2 cm³/mol. The highest BCUT2D eigenvalue weighted by Gasteiger charge is 2.25. The molecular weight excluding hydrogens is 395 g/mol. The number of benzene rings is 2. The fraction of sp³-hybridized carbons (Fsp3) is 0.118. The number of halogens is 2. The third-order valence-corrected chi connectivity index (χ3v) is 6.56. The Morgan fingerprint density at radius 1 is 1.17 bits per heavy atom. The molecule has 3 aromatic rings. The van der Waals surface area contributed by atoms with Crippen LogP contribution in [0.25, 0.3) is 10.9 Å². The van der Waals surface area contributed by atoms with Crippen molar-refractivity contribution in [2.45, 2.75) is 11.8 Å². The Hall–Kier alpha value is -1.99. The van der Waals surface area contributed by atoms with E-state index >= 15 is 0 Å². The number of pyridine rings is 1. The van der Waals surface area contributed by atoms with Crippen LogP contribution in [-0.4, -0.2) is 20.4 Å². The molecular formula is C17H14BrFN2O2S. The van der Waals surface area contributed by atoms with Gasteiger partial charge in [-0.15, -0.1) is 0 Å². The van der Waals surface area contributed by atoms with Crippen molar-refractivity contribution in [3.05, 3.63) is 64.5 Å². The van der Waals surface area contributed by atoms with Gasteiger partial charge in [-0.05, 0) is 55.0 Å². The van der Waals surface area contributed by atoms with E-state index in [0.717, 1.165) is 16.1 Å². The maximum Gasteiger partial charge on any atom is 0.264 e. The van der Waals surface area contributed by atoms with Gasteiger partial charge in [0.1, 0.15) is 11.3 Å². The summed E-state index contributed by atoms with van der Waals surface area (Å²) in [6, 6.07) is 10.8. The van der Waals surface area contributed by atoms with E-state index in [-0.39, 0.29) is 15.8 Å². The van der Waals surface area contributed by atoms with Gasteiger partial charge in [0.2, 0.25) is 0 Å². The number of nitrogens with zero attached hydrogens (tertiary/aromatic N) is 2. The molecule has 0 amide bonds. The molecule has 0 aliphatic carbocycles. The molecule has 1 heterocycles. The Bertz CT molecular complexity index is 1040. The summed E-state index contributed by atoms with van der Waals surface area (Å²) >= 11 is 3.40. The zero-order valence-electron chi connectivity index (χ0n) is 13.0. The van der Waals surface area contributed by atoms with Crippen molar-refractivity contribution < 1.29 is 12.8 Å². The summed E-state index contributed by atoms with van der Waals surface area (Å²) in [6.07, 6.45) is 1.43. The summed E-state index contributed by atoms with van der Waals surface area (Å²) in [7, 11) is -2.38. The van der Waals surface area contributed by atoms with E-state index in [1.807, 2.05) is 6.92 Å². The third-order valence-electron chi connectivity index (χ3n) is 3.82. The molecule has 0 radical (unpaired) electrons. The second kappa shape index (κ2) is 6.14. The Morgan fingerprint density at radius 2 is 1.92 bits per heavy atom. The molecule has 24 heavy (non-hydrogen) atoms. The molecule has 3 rings (SSSR count). The highest BCUT2D eigenvalue weighted by molar-refractivity contribution is 9.10. The van der Waals surface area contributed by atoms with Gasteiger partial charge in [-0.2, -0.15) is 0 Å². The van der Waals surface area contributed by atoms with E-state index in [0.29, 0.717) is 5.69 Å². The number of aryl methyl sites for hydroxylation is 1. The summed E-state index contributed by atoms with van der Waals surface area (Å²) in [5.41, 5.74) is 1.48. The summed E-state index contributed by atoms with van der Waals surface area (Å²) in [5.74, 6) is -0.549. The number of fused-ring (bicyclic) bond motifs is 1. The lowest BCUT2D eigenvalue weighted by Gasteiger charge is -2.21. The van der Waals surface area contributed by atoms with Crippen molar-refractivity contribution >= 4 is 42.5 Å². The molecule has 124 valence electrons. The number of rotatable bonds is 3. The summed E-state index contributed by atoms with van der Waals surface area (Å²) in [6.45, 7) is 1.88. The minimum atomic E-state index is -3.85. The molecule has 2 aromatic carbocycles. The number of hydrogen-bond acceptors (Lipinski definition) is 3. The summed E-state index contributed by atoms with van der Waals surface area (Å²) < 4.78 is 42.0. The lowest BCUT2D eigenvalue weighted by molar-refractivity contribution is 0.594. The molecule has 0 spiro atoms. The van der Waals surface area contributed by atoms with Gasteiger partial charge in [0.15, 0.2) is 0 Å². The monoisotopic (exact) mass is 408 g/mol. The van der Waals surface area contributed by atoms with Gasteiger partial charge in [0.05, 0.1) is 10.6 Å². The van der Waals surface area contributed by atoms with Crippen LogP contribution in [0.4, 0.5) is 10.1 Å². The normalized spacial score (nSPS) is 11.7. The number of aromatic nitrogens is 1. The largest absolute Gasteiger partial charge is 0.269 e. The first-order chi connectivity index (χ1) is 11.3. The lowest BCUT2D eigenvalue weighted by Crippen LogP contribution is -2.27. The molecule has 0 saturated carbocycles. The topological polar surface area (TPSA) is 50.3 Å². The van der Waals surface area contributed by atoms with Crippen LogP contribution in [0, 0.1) is 12.7 Å². The van der Waals surface area contributed by atoms with E-state index in [4.69, 9.17) is 0 Å². The zero-order valence-corrected chi connectivity index (χ0v) is 15.4. The Morgan fingerprint density at radius 3 is 2.62 bits per heavy atom. The molecule has 0 fully saturated rings. The van der Waals surface area contributed by atoms with E-state index in [1.165, 1.54) is 23.6 Å². The van der Waals surface area contributed by atoms with Gasteiger partial charge in [-0.3, -0.25) is 9.29 Å². The van der Waals surface area contributed by atoms with Gasteiger partial charge in [0, 0.05) is 23.1 Å². The highest BCUT2D eigenvalue weighted by atomic mass is 79.9. The van der Waals surface area contributed by atoms with Crippen molar-refractivity contribution in [2.24, 2.45) is 0 Å². The molecule has 4 nitrogen and oxygen atoms in total. The zero-order chi connectivity index (χ0) is 17.5. The number of sulfonamides is 1. The highest BCUT2D eigenvalue weighted by Crippen LogP contribution is 2.30. The fourth-order valence-corrected chi connectivity index (χ4v) is 4.06. The second-order valence-electron chi connectivity index (χ2n) is 5.35. The van der Waals surface area contributed by atoms with Crippen molar-refractivity contribution in [2.75, 3.05) is 11.4 Å². The molecule has 1 aromatic heterocycles. The Balaban J connectivity index is 2.17. The van der Waals surface area contributed by atoms with Crippen molar-refractivity contribution in [3.63, 3.8) is 0 Å². The van der Waals surface area contributed by atoms with Gasteiger partial charge in [-0.1, -0.05) is 15.9 Å². The van der Waals surface area contributed by atoms with Crippen LogP contribution in [0.15, 0.2) is 58.0 Å². The van der Waals surface area contributed by atoms with Crippen LogP contribution in [0.3, 0.4) is 0 Å². The van der Waals surface area contributed by atoms with E-state index in [9.17, 15) is 12.8 Å². The van der Waals surface area contributed by atoms with Crippen LogP contribution < -0.4 is 4.31 Å². The minimum absolute atomic E-state index is 0.0232. The summed E-state index contributed by atoms with van der Waals surface area (Å²) in [4.78, 5) is 3.97. The molecule has 0 N–H and O–H groups in total. The van der Waals surface area contributed by atoms with Crippen LogP contribution in [0.2, 0.25) is 0 Å². The molecule has 0 saturated heterocycles. The lowest BCUT2D eigenvalue weighted by atomic mass is 10.2. The van der Waals surface area contributed by atoms with Crippen LogP contribution in [0.5, 0.6) is 0 Å². The Labute approximate surface area is 148 Å². The molecule has 0 atom stereocenters. The molecule has 0 bridgehead atoms. The second-order valence-corrected chi connectivity index (χ2v) is 8.14. The predicted octanol–water partition coefficient (Wildman–Crippen LogP) is 4.27. The van der Waals surface area contributed by atoms with Crippen molar-refractivity contribution in [3.8, 4) is 0 Å². The van der Waals surface area contributed by atoms with Gasteiger partial charge < -0.3 is 0 Å². The first-order valence-electron chi connectivity index (χ1n) is 7.10. The average molecular weight is 409 g/mol. The van der Waals surface area contributed by atoms with Gasteiger partial charge in [0.25, 0.3) is 10.0 Å². The number of anilines is 1. The standard InChI is InChI=1S/C17H14BrFN2O2S/c1-11-10-12(5-6-14(11)18)21(2)24(22,23)16-8-7-15(19)17-13(16)4-3-9-20-17/h3-10H,1-2H3. The van der Waals surface area contributed by atoms with Crippen molar-refractivity contribution in [1.82, 2.24) is 4.98 Å². The minimum Gasteiger partial charge on any atom is -0.269 e. The smallest absolute Gasteiger partial charge is 0.264 e. The van der Waals surface area contributed by atoms with E-state index in [2.05, 4.69) is 20.9 Å². The third kappa shape index (κ3) is 2.78. The molecule has 0 aliphatic rings. The van der Waals surface area contributed by atoms with Gasteiger partial charge in [-0.25, -0.2) is 12.8 Å². The van der Waals surface area contributed by atoms with Crippen molar-refractivity contribution in [1.29, 1.82) is 0 Å². The SMILES string of the molecule is Cc1cc(N(C)S(=O)(=O)c2ccc(F)c3ncccc23)ccc1Br. The van der Waals surface area contributed by atoms with E-state index in [1.54, 1.807) is 30.3 Å². The van der Waals surface area contributed by atoms with Crippen LogP contribution in [-0.2, 0) is 10.0 Å². The van der Waals surface area contributed by atoms with Crippen LogP contribution in [0.1, 0.15) is 5.56 Å². The molecule has 0 aliphatic heterocycles. The quantitative estimate of drug-likeness (QED) is 0.649. The maximum atomic E-state index is 13.9.